The minimum atomic E-state index is -0.470. The number of carbonyl (C=O) groups excluding carboxylic acids is 1. The second-order valence-corrected chi connectivity index (χ2v) is 7.37. The van der Waals surface area contributed by atoms with E-state index in [4.69, 9.17) is 9.15 Å². The van der Waals surface area contributed by atoms with Gasteiger partial charge in [0.15, 0.2) is 6.61 Å². The molecular weight excluding hydrogens is 454 g/mol. The number of hydrogen-bond acceptors (Lipinski definition) is 6. The summed E-state index contributed by atoms with van der Waals surface area (Å²) in [6.07, 6.45) is 1.39. The van der Waals surface area contributed by atoms with Crippen molar-refractivity contribution in [3.05, 3.63) is 80.0 Å². The van der Waals surface area contributed by atoms with E-state index in [2.05, 4.69) is 26.5 Å². The van der Waals surface area contributed by atoms with Gasteiger partial charge in [-0.15, -0.1) is 0 Å². The normalized spacial score (nSPS) is 10.9. The van der Waals surface area contributed by atoms with Crippen molar-refractivity contribution in [1.29, 1.82) is 0 Å². The lowest BCUT2D eigenvalue weighted by atomic mass is 10.1. The maximum absolute atomic E-state index is 12.0. The summed E-state index contributed by atoms with van der Waals surface area (Å²) >= 11 is 3.39. The van der Waals surface area contributed by atoms with Crippen LogP contribution in [0.1, 0.15) is 16.9 Å². The molecule has 1 N–H and O–H groups in total. The number of aryl methyl sites for hydroxylation is 2. The molecule has 3 aromatic rings. The minimum Gasteiger partial charge on any atom is -0.483 e. The van der Waals surface area contributed by atoms with Crippen LogP contribution in [0.15, 0.2) is 62.5 Å². The number of non-ortho nitro benzene ring substituents is 1. The van der Waals surface area contributed by atoms with E-state index >= 15 is 0 Å². The summed E-state index contributed by atoms with van der Waals surface area (Å²) in [6.45, 7) is 3.09. The van der Waals surface area contributed by atoms with E-state index in [1.807, 2.05) is 30.3 Å². The van der Waals surface area contributed by atoms with Gasteiger partial charge in [-0.05, 0) is 49.2 Å². The SMILES string of the molecule is Cc1cc([N+](=O)[O-])cc(C)c1OCC(=O)N/N=C/c1ccc(-c2ccc(Br)cc2)o1. The van der Waals surface area contributed by atoms with E-state index in [1.54, 1.807) is 19.9 Å². The molecule has 0 unspecified atom stereocenters. The van der Waals surface area contributed by atoms with E-state index in [0.29, 0.717) is 28.4 Å². The van der Waals surface area contributed by atoms with Crippen molar-refractivity contribution in [2.75, 3.05) is 6.61 Å². The Balaban J connectivity index is 1.55. The van der Waals surface area contributed by atoms with Gasteiger partial charge in [0.25, 0.3) is 11.6 Å². The smallest absolute Gasteiger partial charge is 0.277 e. The molecular formula is C21H18BrN3O5. The van der Waals surface area contributed by atoms with Gasteiger partial charge >= 0.3 is 0 Å². The highest BCUT2D eigenvalue weighted by molar-refractivity contribution is 9.10. The fraction of sp³-hybridized carbons (Fsp3) is 0.143. The average molecular weight is 472 g/mol. The summed E-state index contributed by atoms with van der Waals surface area (Å²) < 4.78 is 12.2. The van der Waals surface area contributed by atoms with Crippen LogP contribution in [0.5, 0.6) is 5.75 Å². The Morgan fingerprint density at radius 2 is 1.87 bits per heavy atom. The van der Waals surface area contributed by atoms with Crippen LogP contribution in [0, 0.1) is 24.0 Å². The van der Waals surface area contributed by atoms with Gasteiger partial charge in [0.2, 0.25) is 0 Å². The number of benzene rings is 2. The molecule has 2 aromatic carbocycles. The molecule has 0 aliphatic rings. The van der Waals surface area contributed by atoms with Gasteiger partial charge in [-0.1, -0.05) is 28.1 Å². The van der Waals surface area contributed by atoms with Gasteiger partial charge in [-0.2, -0.15) is 5.10 Å². The first-order chi connectivity index (χ1) is 14.3. The molecule has 8 nitrogen and oxygen atoms in total. The molecule has 0 fully saturated rings. The standard InChI is InChI=1S/C21H18BrN3O5/c1-13-9-17(25(27)28)10-14(2)21(13)29-12-20(26)24-23-11-18-7-8-19(30-18)15-3-5-16(22)6-4-15/h3-11H,12H2,1-2H3,(H,24,26)/b23-11+. The number of rotatable bonds is 7. The molecule has 1 amide bonds. The monoisotopic (exact) mass is 471 g/mol. The molecule has 154 valence electrons. The maximum atomic E-state index is 12.0. The maximum Gasteiger partial charge on any atom is 0.277 e. The molecule has 0 saturated carbocycles. The van der Waals surface area contributed by atoms with Crippen molar-refractivity contribution >= 4 is 33.7 Å². The number of amides is 1. The van der Waals surface area contributed by atoms with Crippen molar-refractivity contribution in [2.45, 2.75) is 13.8 Å². The highest BCUT2D eigenvalue weighted by atomic mass is 79.9. The number of hydrazone groups is 1. The number of nitrogens with one attached hydrogen (secondary N) is 1. The van der Waals surface area contributed by atoms with Crippen LogP contribution in [-0.4, -0.2) is 23.7 Å². The summed E-state index contributed by atoms with van der Waals surface area (Å²) in [5, 5.41) is 14.8. The number of nitro benzene ring substituents is 1. The molecule has 0 radical (unpaired) electrons. The third-order valence-corrected chi connectivity index (χ3v) is 4.67. The first-order valence-corrected chi connectivity index (χ1v) is 9.69. The largest absolute Gasteiger partial charge is 0.483 e. The Hall–Kier alpha value is -3.46. The van der Waals surface area contributed by atoms with Crippen LogP contribution in [-0.2, 0) is 4.79 Å². The Bertz CT molecular complexity index is 1080. The van der Waals surface area contributed by atoms with Crippen molar-refractivity contribution in [2.24, 2.45) is 5.10 Å². The lowest BCUT2D eigenvalue weighted by Gasteiger charge is -2.11. The van der Waals surface area contributed by atoms with E-state index < -0.39 is 10.8 Å². The third kappa shape index (κ3) is 5.32. The molecule has 9 heteroatoms. The minimum absolute atomic E-state index is 0.0210. The van der Waals surface area contributed by atoms with Crippen LogP contribution in [0.4, 0.5) is 5.69 Å². The molecule has 0 bridgehead atoms. The molecule has 0 aliphatic heterocycles. The Labute approximate surface area is 180 Å². The number of nitro groups is 1. The zero-order valence-corrected chi connectivity index (χ0v) is 17.8. The van der Waals surface area contributed by atoms with Crippen molar-refractivity contribution in [1.82, 2.24) is 5.43 Å². The number of hydrogen-bond donors (Lipinski definition) is 1. The van der Waals surface area contributed by atoms with Crippen molar-refractivity contribution < 1.29 is 18.9 Å². The predicted molar refractivity (Wildman–Crippen MR) is 116 cm³/mol. The van der Waals surface area contributed by atoms with Gasteiger partial charge in [-0.3, -0.25) is 14.9 Å². The number of carbonyl (C=O) groups is 1. The number of furan rings is 1. The number of halogens is 1. The summed E-state index contributed by atoms with van der Waals surface area (Å²) in [6, 6.07) is 14.0. The number of ether oxygens (including phenoxy) is 1. The highest BCUT2D eigenvalue weighted by Crippen LogP contribution is 2.28. The van der Waals surface area contributed by atoms with Crippen LogP contribution in [0.25, 0.3) is 11.3 Å². The lowest BCUT2D eigenvalue weighted by Crippen LogP contribution is -2.25. The zero-order valence-electron chi connectivity index (χ0n) is 16.2. The van der Waals surface area contributed by atoms with Gasteiger partial charge in [-0.25, -0.2) is 5.43 Å². The van der Waals surface area contributed by atoms with Gasteiger partial charge in [0.05, 0.1) is 11.1 Å². The molecule has 0 saturated heterocycles. The summed E-state index contributed by atoms with van der Waals surface area (Å²) in [5.74, 6) is 1.13. The molecule has 0 atom stereocenters. The van der Waals surface area contributed by atoms with Crippen LogP contribution >= 0.6 is 15.9 Å². The Morgan fingerprint density at radius 1 is 1.20 bits per heavy atom. The molecule has 1 heterocycles. The predicted octanol–water partition coefficient (Wildman–Crippen LogP) is 4.76. The van der Waals surface area contributed by atoms with Gasteiger partial charge < -0.3 is 9.15 Å². The van der Waals surface area contributed by atoms with E-state index in [0.717, 1.165) is 10.0 Å². The first-order valence-electron chi connectivity index (χ1n) is 8.89. The fourth-order valence-corrected chi connectivity index (χ4v) is 3.05. The van der Waals surface area contributed by atoms with E-state index in [1.165, 1.54) is 18.3 Å². The molecule has 1 aromatic heterocycles. The lowest BCUT2D eigenvalue weighted by molar-refractivity contribution is -0.385. The van der Waals surface area contributed by atoms with Crippen molar-refractivity contribution in [3.63, 3.8) is 0 Å². The van der Waals surface area contributed by atoms with Crippen LogP contribution in [0.3, 0.4) is 0 Å². The number of nitrogens with zero attached hydrogens (tertiary/aromatic N) is 2. The highest BCUT2D eigenvalue weighted by Gasteiger charge is 2.14. The third-order valence-electron chi connectivity index (χ3n) is 4.14. The van der Waals surface area contributed by atoms with Crippen LogP contribution in [0.2, 0.25) is 0 Å². The average Bonchev–Trinajstić information content (AvgIpc) is 3.16. The first kappa shape index (κ1) is 21.3. The van der Waals surface area contributed by atoms with Gasteiger partial charge in [0.1, 0.15) is 17.3 Å². The van der Waals surface area contributed by atoms with Crippen molar-refractivity contribution in [3.8, 4) is 17.1 Å². The summed E-state index contributed by atoms with van der Waals surface area (Å²) in [7, 11) is 0. The van der Waals surface area contributed by atoms with E-state index in [9.17, 15) is 14.9 Å². The Kier molecular flexibility index (Phi) is 6.63. The molecule has 0 aliphatic carbocycles. The second-order valence-electron chi connectivity index (χ2n) is 6.46. The Morgan fingerprint density at radius 3 is 2.50 bits per heavy atom. The van der Waals surface area contributed by atoms with E-state index in [-0.39, 0.29) is 12.3 Å². The molecule has 30 heavy (non-hydrogen) atoms. The van der Waals surface area contributed by atoms with Gasteiger partial charge in [0, 0.05) is 22.2 Å². The zero-order chi connectivity index (χ0) is 21.7. The molecule has 0 spiro atoms. The second kappa shape index (κ2) is 9.36. The van der Waals surface area contributed by atoms with Crippen LogP contribution < -0.4 is 10.2 Å². The summed E-state index contributed by atoms with van der Waals surface area (Å²) in [4.78, 5) is 22.4. The quantitative estimate of drug-likeness (QED) is 0.303. The summed E-state index contributed by atoms with van der Waals surface area (Å²) in [5.41, 5.74) is 4.41. The molecule has 3 rings (SSSR count). The fourth-order valence-electron chi connectivity index (χ4n) is 2.79. The topological polar surface area (TPSA) is 107 Å².